The minimum Gasteiger partial charge on any atom is -0.489 e. The average molecular weight is 273 g/mol. The van der Waals surface area contributed by atoms with E-state index in [1.54, 1.807) is 0 Å². The van der Waals surface area contributed by atoms with Gasteiger partial charge in [0.15, 0.2) is 5.82 Å². The van der Waals surface area contributed by atoms with Crippen LogP contribution < -0.4 is 15.2 Å². The average Bonchev–Trinajstić information content (AvgIpc) is 2.48. The molecule has 0 saturated carbocycles. The van der Waals surface area contributed by atoms with E-state index in [9.17, 15) is 4.79 Å². The Morgan fingerprint density at radius 3 is 2.75 bits per heavy atom. The van der Waals surface area contributed by atoms with Crippen LogP contribution in [0.1, 0.15) is 12.0 Å². The number of ether oxygens (including phenoxy) is 1. The van der Waals surface area contributed by atoms with E-state index in [4.69, 9.17) is 4.74 Å². The van der Waals surface area contributed by atoms with Crippen LogP contribution in [0.4, 0.5) is 5.82 Å². The summed E-state index contributed by atoms with van der Waals surface area (Å²) in [6.07, 6.45) is 3.38. The van der Waals surface area contributed by atoms with Gasteiger partial charge < -0.3 is 14.6 Å². The third-order valence-corrected chi connectivity index (χ3v) is 3.16. The van der Waals surface area contributed by atoms with Gasteiger partial charge in [-0.05, 0) is 18.4 Å². The molecule has 1 aromatic carbocycles. The van der Waals surface area contributed by atoms with Crippen LogP contribution in [0.5, 0.6) is 5.75 Å². The van der Waals surface area contributed by atoms with Crippen molar-refractivity contribution in [2.75, 3.05) is 25.6 Å². The molecule has 106 valence electrons. The molecule has 2 aromatic rings. The highest BCUT2D eigenvalue weighted by atomic mass is 16.5. The Morgan fingerprint density at radius 2 is 2.05 bits per heavy atom. The van der Waals surface area contributed by atoms with Crippen LogP contribution in [0.2, 0.25) is 0 Å². The molecule has 2 rings (SSSR count). The highest BCUT2D eigenvalue weighted by Crippen LogP contribution is 2.19. The molecule has 20 heavy (non-hydrogen) atoms. The number of aryl methyl sites for hydroxylation is 1. The molecule has 1 N–H and O–H groups in total. The Balaban J connectivity index is 1.97. The summed E-state index contributed by atoms with van der Waals surface area (Å²) in [5.41, 5.74) is 1.05. The van der Waals surface area contributed by atoms with Crippen LogP contribution in [0, 0.1) is 0 Å². The summed E-state index contributed by atoms with van der Waals surface area (Å²) in [4.78, 5) is 20.3. The lowest BCUT2D eigenvalue weighted by Crippen LogP contribution is -2.24. The summed E-state index contributed by atoms with van der Waals surface area (Å²) >= 11 is 0. The summed E-state index contributed by atoms with van der Waals surface area (Å²) in [7, 11) is 3.39. The van der Waals surface area contributed by atoms with Crippen molar-refractivity contribution in [1.82, 2.24) is 9.97 Å². The molecule has 0 unspecified atom stereocenters. The van der Waals surface area contributed by atoms with Gasteiger partial charge in [-0.25, -0.2) is 4.98 Å². The van der Waals surface area contributed by atoms with Crippen LogP contribution in [-0.4, -0.2) is 30.7 Å². The lowest BCUT2D eigenvalue weighted by molar-refractivity contribution is 0.406. The van der Waals surface area contributed by atoms with Gasteiger partial charge in [-0.15, -0.1) is 0 Å². The van der Waals surface area contributed by atoms with E-state index in [0.29, 0.717) is 5.82 Å². The van der Waals surface area contributed by atoms with E-state index in [-0.39, 0.29) is 11.3 Å². The number of nitrogens with zero attached hydrogens (tertiary/aromatic N) is 2. The van der Waals surface area contributed by atoms with Gasteiger partial charge in [0.05, 0.1) is 13.4 Å². The first-order valence-electron chi connectivity index (χ1n) is 6.59. The van der Waals surface area contributed by atoms with Crippen LogP contribution in [0.25, 0.3) is 0 Å². The first-order chi connectivity index (χ1) is 9.72. The maximum Gasteiger partial charge on any atom is 0.295 e. The molecule has 1 heterocycles. The number of methoxy groups -OCH3 is 1. The van der Waals surface area contributed by atoms with Crippen LogP contribution in [-0.2, 0) is 6.42 Å². The van der Waals surface area contributed by atoms with E-state index in [2.05, 4.69) is 22.1 Å². The first-order valence-corrected chi connectivity index (χ1v) is 6.59. The van der Waals surface area contributed by atoms with E-state index in [0.717, 1.165) is 19.4 Å². The molecule has 0 bridgehead atoms. The zero-order valence-corrected chi connectivity index (χ0v) is 11.8. The fourth-order valence-electron chi connectivity index (χ4n) is 2.10. The largest absolute Gasteiger partial charge is 0.489 e. The zero-order chi connectivity index (χ0) is 14.4. The molecule has 5 heteroatoms. The number of aromatic amines is 1. The van der Waals surface area contributed by atoms with Gasteiger partial charge in [-0.3, -0.25) is 4.79 Å². The Bertz CT molecular complexity index is 596. The quantitative estimate of drug-likeness (QED) is 0.872. The monoisotopic (exact) mass is 273 g/mol. The minimum atomic E-state index is -0.257. The molecule has 0 aliphatic rings. The zero-order valence-electron chi connectivity index (χ0n) is 11.8. The molecule has 0 spiro atoms. The maximum absolute atomic E-state index is 11.6. The number of benzene rings is 1. The van der Waals surface area contributed by atoms with E-state index >= 15 is 0 Å². The topological polar surface area (TPSA) is 58.2 Å². The smallest absolute Gasteiger partial charge is 0.295 e. The molecule has 5 nitrogen and oxygen atoms in total. The van der Waals surface area contributed by atoms with Gasteiger partial charge in [0.2, 0.25) is 5.75 Å². The molecule has 0 radical (unpaired) electrons. The molecule has 0 saturated heterocycles. The number of hydrogen-bond donors (Lipinski definition) is 1. The minimum absolute atomic E-state index is 0.257. The lowest BCUT2D eigenvalue weighted by atomic mass is 10.1. The summed E-state index contributed by atoms with van der Waals surface area (Å²) in [6.45, 7) is 0.807. The van der Waals surface area contributed by atoms with Crippen LogP contribution in [0.15, 0.2) is 41.5 Å². The molecule has 0 amide bonds. The Labute approximate surface area is 118 Å². The highest BCUT2D eigenvalue weighted by molar-refractivity contribution is 5.49. The van der Waals surface area contributed by atoms with E-state index in [1.807, 2.05) is 30.1 Å². The van der Waals surface area contributed by atoms with Crippen LogP contribution in [0.3, 0.4) is 0 Å². The number of anilines is 1. The predicted molar refractivity (Wildman–Crippen MR) is 79.4 cm³/mol. The van der Waals surface area contributed by atoms with Crippen molar-refractivity contribution in [2.24, 2.45) is 0 Å². The van der Waals surface area contributed by atoms with Gasteiger partial charge in [-0.1, -0.05) is 30.3 Å². The molecule has 0 fully saturated rings. The molecule has 1 aromatic heterocycles. The molecule has 0 aliphatic carbocycles. The van der Waals surface area contributed by atoms with E-state index < -0.39 is 0 Å². The summed E-state index contributed by atoms with van der Waals surface area (Å²) in [5.74, 6) is 0.832. The fourth-order valence-corrected chi connectivity index (χ4v) is 2.10. The normalized spacial score (nSPS) is 10.3. The fraction of sp³-hybridized carbons (Fsp3) is 0.333. The van der Waals surface area contributed by atoms with Crippen molar-refractivity contribution in [3.05, 3.63) is 52.6 Å². The Morgan fingerprint density at radius 1 is 1.30 bits per heavy atom. The van der Waals surface area contributed by atoms with Gasteiger partial charge in [0.25, 0.3) is 5.56 Å². The lowest BCUT2D eigenvalue weighted by Gasteiger charge is -2.19. The van der Waals surface area contributed by atoms with Crippen molar-refractivity contribution >= 4 is 5.82 Å². The number of nitrogens with one attached hydrogen (secondary N) is 1. The van der Waals surface area contributed by atoms with Gasteiger partial charge in [-0.2, -0.15) is 0 Å². The third-order valence-electron chi connectivity index (χ3n) is 3.16. The van der Waals surface area contributed by atoms with Crippen molar-refractivity contribution in [2.45, 2.75) is 12.8 Å². The third kappa shape index (κ3) is 3.38. The summed E-state index contributed by atoms with van der Waals surface area (Å²) in [5, 5.41) is 0. The van der Waals surface area contributed by atoms with Crippen molar-refractivity contribution in [3.63, 3.8) is 0 Å². The van der Waals surface area contributed by atoms with Gasteiger partial charge in [0.1, 0.15) is 0 Å². The molecule has 0 atom stereocenters. The second-order valence-corrected chi connectivity index (χ2v) is 4.60. The predicted octanol–water partition coefficient (Wildman–Crippen LogP) is 1.85. The maximum atomic E-state index is 11.6. The SMILES string of the molecule is COc1c(N(C)CCCc2ccccc2)nc[nH]c1=O. The molecular weight excluding hydrogens is 254 g/mol. The summed E-state index contributed by atoms with van der Waals surface area (Å²) in [6, 6.07) is 10.3. The van der Waals surface area contributed by atoms with Crippen LogP contribution >= 0.6 is 0 Å². The highest BCUT2D eigenvalue weighted by Gasteiger charge is 2.12. The van der Waals surface area contributed by atoms with Crippen molar-refractivity contribution in [1.29, 1.82) is 0 Å². The van der Waals surface area contributed by atoms with Gasteiger partial charge >= 0.3 is 0 Å². The second kappa shape index (κ2) is 6.75. The van der Waals surface area contributed by atoms with Gasteiger partial charge in [0, 0.05) is 13.6 Å². The number of aromatic nitrogens is 2. The van der Waals surface area contributed by atoms with Crippen molar-refractivity contribution < 1.29 is 4.74 Å². The molecule has 0 aliphatic heterocycles. The second-order valence-electron chi connectivity index (χ2n) is 4.60. The first kappa shape index (κ1) is 14.1. The standard InChI is InChI=1S/C15H19N3O2/c1-18(10-6-9-12-7-4-3-5-8-12)14-13(20-2)15(19)17-11-16-14/h3-5,7-8,11H,6,9-10H2,1-2H3,(H,16,17,19). The van der Waals surface area contributed by atoms with E-state index in [1.165, 1.54) is 19.0 Å². The Hall–Kier alpha value is -2.30. The number of H-pyrrole nitrogens is 1. The number of hydrogen-bond acceptors (Lipinski definition) is 4. The Kier molecular flexibility index (Phi) is 4.76. The molecular formula is C15H19N3O2. The van der Waals surface area contributed by atoms with Crippen molar-refractivity contribution in [3.8, 4) is 5.75 Å². The number of rotatable bonds is 6. The summed E-state index contributed by atoms with van der Waals surface area (Å²) < 4.78 is 5.11.